The van der Waals surface area contributed by atoms with Crippen molar-refractivity contribution < 1.29 is 0 Å². The Balaban J connectivity index is 5.32. The molecular weight excluding hydrogens is 212 g/mol. The van der Waals surface area contributed by atoms with E-state index in [4.69, 9.17) is 0 Å². The molecular formula is C15H22S. The van der Waals surface area contributed by atoms with E-state index in [9.17, 15) is 0 Å². The van der Waals surface area contributed by atoms with Crippen LogP contribution >= 0.6 is 12.6 Å². The van der Waals surface area contributed by atoms with E-state index in [1.54, 1.807) is 0 Å². The molecule has 88 valence electrons. The maximum atomic E-state index is 4.56. The van der Waals surface area contributed by atoms with Gasteiger partial charge in [-0.3, -0.25) is 0 Å². The molecule has 0 saturated heterocycles. The summed E-state index contributed by atoms with van der Waals surface area (Å²) < 4.78 is 0. The average molecular weight is 234 g/mol. The van der Waals surface area contributed by atoms with Crippen LogP contribution < -0.4 is 0 Å². The molecule has 0 unspecified atom stereocenters. The molecule has 0 amide bonds. The van der Waals surface area contributed by atoms with Gasteiger partial charge in [-0.2, -0.15) is 0 Å². The monoisotopic (exact) mass is 234 g/mol. The second kappa shape index (κ2) is 8.23. The van der Waals surface area contributed by atoms with Crippen LogP contribution in [0.1, 0.15) is 33.1 Å². The van der Waals surface area contributed by atoms with Crippen LogP contribution in [0.15, 0.2) is 59.6 Å². The fourth-order valence-corrected chi connectivity index (χ4v) is 1.83. The quantitative estimate of drug-likeness (QED) is 0.452. The van der Waals surface area contributed by atoms with E-state index < -0.39 is 0 Å². The lowest BCUT2D eigenvalue weighted by atomic mass is 9.99. The molecule has 0 aromatic rings. The highest BCUT2D eigenvalue weighted by Crippen LogP contribution is 2.26. The third kappa shape index (κ3) is 4.28. The number of rotatable bonds is 7. The van der Waals surface area contributed by atoms with E-state index in [1.807, 2.05) is 25.2 Å². The van der Waals surface area contributed by atoms with Gasteiger partial charge in [0.05, 0.1) is 0 Å². The number of allylic oxidation sites excluding steroid dienone is 7. The van der Waals surface area contributed by atoms with Crippen molar-refractivity contribution in [3.63, 3.8) is 0 Å². The van der Waals surface area contributed by atoms with E-state index >= 15 is 0 Å². The minimum atomic E-state index is 0.989. The lowest BCUT2D eigenvalue weighted by molar-refractivity contribution is 0.807. The van der Waals surface area contributed by atoms with Crippen LogP contribution in [-0.2, 0) is 0 Å². The molecule has 16 heavy (non-hydrogen) atoms. The van der Waals surface area contributed by atoms with Crippen LogP contribution in [0.2, 0.25) is 0 Å². The van der Waals surface area contributed by atoms with Crippen LogP contribution in [-0.4, -0.2) is 0 Å². The standard InChI is InChI=1S/C15H22S/c1-6-10-11-15(16)14(9-4)13(8-3)12(5)7-2/h7-9,16H,2-4,6,10-11H2,1,5H3/b13-12+,15-14-. The topological polar surface area (TPSA) is 0 Å². The Labute approximate surface area is 106 Å². The minimum absolute atomic E-state index is 0.989. The van der Waals surface area contributed by atoms with Crippen molar-refractivity contribution in [1.82, 2.24) is 0 Å². The fraction of sp³-hybridized carbons (Fsp3) is 0.333. The van der Waals surface area contributed by atoms with Gasteiger partial charge in [-0.1, -0.05) is 51.3 Å². The van der Waals surface area contributed by atoms with Crippen molar-refractivity contribution in [1.29, 1.82) is 0 Å². The molecule has 0 fully saturated rings. The van der Waals surface area contributed by atoms with Crippen molar-refractivity contribution in [2.24, 2.45) is 0 Å². The lowest BCUT2D eigenvalue weighted by Gasteiger charge is -2.10. The van der Waals surface area contributed by atoms with E-state index in [-0.39, 0.29) is 0 Å². The van der Waals surface area contributed by atoms with Crippen molar-refractivity contribution >= 4 is 12.6 Å². The first kappa shape index (κ1) is 15.0. The van der Waals surface area contributed by atoms with Crippen molar-refractivity contribution in [2.45, 2.75) is 33.1 Å². The smallest absolute Gasteiger partial charge is 0.00947 e. The van der Waals surface area contributed by atoms with Gasteiger partial charge in [0.2, 0.25) is 0 Å². The van der Waals surface area contributed by atoms with E-state index in [0.29, 0.717) is 0 Å². The van der Waals surface area contributed by atoms with Crippen molar-refractivity contribution in [3.8, 4) is 0 Å². The Bertz CT molecular complexity index is 329. The summed E-state index contributed by atoms with van der Waals surface area (Å²) in [6.07, 6.45) is 8.83. The first-order valence-corrected chi connectivity index (χ1v) is 6.07. The van der Waals surface area contributed by atoms with Crippen molar-refractivity contribution in [2.75, 3.05) is 0 Å². The SMILES string of the molecule is C=CC(=C(/S)CCCC)/C(C=C)=C(\C)C=C. The summed E-state index contributed by atoms with van der Waals surface area (Å²) >= 11 is 4.56. The third-order valence-electron chi connectivity index (χ3n) is 2.51. The summed E-state index contributed by atoms with van der Waals surface area (Å²) in [4.78, 5) is 1.08. The van der Waals surface area contributed by atoms with Crippen LogP contribution in [0, 0.1) is 0 Å². The van der Waals surface area contributed by atoms with Gasteiger partial charge in [0.15, 0.2) is 0 Å². The Morgan fingerprint density at radius 3 is 2.00 bits per heavy atom. The minimum Gasteiger partial charge on any atom is -0.147 e. The molecule has 0 atom stereocenters. The van der Waals surface area contributed by atoms with Gasteiger partial charge in [0.1, 0.15) is 0 Å². The number of thiol groups is 1. The summed E-state index contributed by atoms with van der Waals surface area (Å²) in [7, 11) is 0. The van der Waals surface area contributed by atoms with Gasteiger partial charge >= 0.3 is 0 Å². The zero-order chi connectivity index (χ0) is 12.6. The molecule has 0 saturated carbocycles. The summed E-state index contributed by atoms with van der Waals surface area (Å²) in [6.45, 7) is 15.7. The maximum absolute atomic E-state index is 4.56. The summed E-state index contributed by atoms with van der Waals surface area (Å²) in [5.41, 5.74) is 3.25. The fourth-order valence-electron chi connectivity index (χ4n) is 1.46. The van der Waals surface area contributed by atoms with Crippen LogP contribution in [0.5, 0.6) is 0 Å². The summed E-state index contributed by atoms with van der Waals surface area (Å²) in [5.74, 6) is 0. The zero-order valence-corrected chi connectivity index (χ0v) is 11.3. The molecule has 0 aliphatic carbocycles. The molecule has 0 nitrogen and oxygen atoms in total. The molecule has 0 aromatic carbocycles. The second-order valence-electron chi connectivity index (χ2n) is 3.67. The lowest BCUT2D eigenvalue weighted by Crippen LogP contribution is -1.91. The zero-order valence-electron chi connectivity index (χ0n) is 10.4. The van der Waals surface area contributed by atoms with Gasteiger partial charge in [0.25, 0.3) is 0 Å². The van der Waals surface area contributed by atoms with Gasteiger partial charge in [-0.05, 0) is 41.4 Å². The third-order valence-corrected chi connectivity index (χ3v) is 2.97. The van der Waals surface area contributed by atoms with E-state index in [2.05, 4.69) is 39.3 Å². The average Bonchev–Trinajstić information content (AvgIpc) is 2.31. The van der Waals surface area contributed by atoms with Crippen molar-refractivity contribution in [3.05, 3.63) is 59.6 Å². The van der Waals surface area contributed by atoms with Gasteiger partial charge in [-0.15, -0.1) is 12.6 Å². The molecule has 0 rings (SSSR count). The molecule has 0 aliphatic rings. The first-order chi connectivity index (χ1) is 7.62. The van der Waals surface area contributed by atoms with Gasteiger partial charge in [0, 0.05) is 0 Å². The van der Waals surface area contributed by atoms with Gasteiger partial charge < -0.3 is 0 Å². The largest absolute Gasteiger partial charge is 0.147 e. The maximum Gasteiger partial charge on any atom is -0.00947 e. The predicted octanol–water partition coefficient (Wildman–Crippen LogP) is 5.24. The molecule has 0 aliphatic heterocycles. The summed E-state index contributed by atoms with van der Waals surface area (Å²) in [5, 5.41) is 0. The van der Waals surface area contributed by atoms with E-state index in [1.165, 1.54) is 6.42 Å². The molecule has 0 bridgehead atoms. The molecule has 0 heterocycles. The first-order valence-electron chi connectivity index (χ1n) is 5.63. The molecule has 1 heteroatoms. The second-order valence-corrected chi connectivity index (χ2v) is 4.21. The van der Waals surface area contributed by atoms with E-state index in [0.717, 1.165) is 34.5 Å². The molecule has 0 aromatic heterocycles. The number of unbranched alkanes of at least 4 members (excludes halogenated alkanes) is 1. The molecule has 0 spiro atoms. The normalized spacial score (nSPS) is 13.7. The Morgan fingerprint density at radius 2 is 1.62 bits per heavy atom. The predicted molar refractivity (Wildman–Crippen MR) is 78.8 cm³/mol. The highest BCUT2D eigenvalue weighted by atomic mass is 32.1. The molecule has 0 radical (unpaired) electrons. The van der Waals surface area contributed by atoms with Crippen LogP contribution in [0.25, 0.3) is 0 Å². The number of hydrogen-bond acceptors (Lipinski definition) is 1. The van der Waals surface area contributed by atoms with Crippen LogP contribution in [0.3, 0.4) is 0 Å². The molecule has 0 N–H and O–H groups in total. The Kier molecular flexibility index (Phi) is 7.74. The highest BCUT2D eigenvalue weighted by Gasteiger charge is 2.05. The Hall–Kier alpha value is -0.950. The number of hydrogen-bond donors (Lipinski definition) is 1. The Morgan fingerprint density at radius 1 is 1.06 bits per heavy atom. The highest BCUT2D eigenvalue weighted by molar-refractivity contribution is 7.84. The van der Waals surface area contributed by atoms with Gasteiger partial charge in [-0.25, -0.2) is 0 Å². The summed E-state index contributed by atoms with van der Waals surface area (Å²) in [6, 6.07) is 0. The van der Waals surface area contributed by atoms with Crippen LogP contribution in [0.4, 0.5) is 0 Å².